The normalized spacial score (nSPS) is 16.3. The van der Waals surface area contributed by atoms with Crippen LogP contribution in [0.3, 0.4) is 0 Å². The number of dihydropyridines is 1. The highest BCUT2D eigenvalue weighted by atomic mass is 32.2. The summed E-state index contributed by atoms with van der Waals surface area (Å²) in [4.78, 5) is 25.5. The van der Waals surface area contributed by atoms with E-state index in [-0.39, 0.29) is 11.7 Å². The van der Waals surface area contributed by atoms with E-state index in [1.165, 1.54) is 30.2 Å². The summed E-state index contributed by atoms with van der Waals surface area (Å²) in [7, 11) is 1.31. The number of aryl methyl sites for hydroxylation is 1. The minimum absolute atomic E-state index is 0.0530. The van der Waals surface area contributed by atoms with Gasteiger partial charge in [-0.05, 0) is 25.3 Å². The van der Waals surface area contributed by atoms with E-state index in [9.17, 15) is 14.9 Å². The van der Waals surface area contributed by atoms with E-state index >= 15 is 0 Å². The van der Waals surface area contributed by atoms with Crippen molar-refractivity contribution < 1.29 is 18.8 Å². The van der Waals surface area contributed by atoms with Crippen LogP contribution in [-0.4, -0.2) is 29.9 Å². The second kappa shape index (κ2) is 8.98. The van der Waals surface area contributed by atoms with Gasteiger partial charge in [-0.1, -0.05) is 23.0 Å². The first-order valence-electron chi connectivity index (χ1n) is 8.54. The SMILES string of the molecule is COC(=O)C1=C(C)NC(SCC(=O)Nc2cc(C)on2)=C(C#N)C1c1cccs1. The summed E-state index contributed by atoms with van der Waals surface area (Å²) < 4.78 is 9.86. The standard InChI is InChI=1S/C19H18N4O4S2/c1-10-7-14(23-27-10)22-15(24)9-29-18-12(8-20)17(13-5-4-6-28-13)16(11(2)21-18)19(25)26-3/h4-7,17,21H,9H2,1-3H3,(H,22,23,24). The van der Waals surface area contributed by atoms with E-state index in [0.29, 0.717) is 33.5 Å². The molecular weight excluding hydrogens is 412 g/mol. The Hall–Kier alpha value is -3.03. The number of allylic oxidation sites excluding steroid dienone is 2. The maximum atomic E-state index is 12.4. The minimum Gasteiger partial charge on any atom is -0.466 e. The molecule has 0 aliphatic carbocycles. The van der Waals surface area contributed by atoms with E-state index in [1.54, 1.807) is 19.9 Å². The van der Waals surface area contributed by atoms with Gasteiger partial charge in [0.1, 0.15) is 5.76 Å². The van der Waals surface area contributed by atoms with Crippen molar-refractivity contribution in [1.82, 2.24) is 10.5 Å². The average molecular weight is 431 g/mol. The highest BCUT2D eigenvalue weighted by Crippen LogP contribution is 2.42. The molecule has 0 saturated heterocycles. The van der Waals surface area contributed by atoms with Crippen molar-refractivity contribution in [3.63, 3.8) is 0 Å². The molecule has 0 spiro atoms. The first-order valence-corrected chi connectivity index (χ1v) is 10.4. The van der Waals surface area contributed by atoms with Gasteiger partial charge in [0, 0.05) is 16.6 Å². The second-order valence-electron chi connectivity index (χ2n) is 6.12. The molecule has 1 aliphatic heterocycles. The number of hydrogen-bond acceptors (Lipinski definition) is 9. The predicted octanol–water partition coefficient (Wildman–Crippen LogP) is 3.29. The lowest BCUT2D eigenvalue weighted by Crippen LogP contribution is -2.28. The zero-order chi connectivity index (χ0) is 21.0. The smallest absolute Gasteiger partial charge is 0.336 e. The summed E-state index contributed by atoms with van der Waals surface area (Å²) >= 11 is 2.63. The summed E-state index contributed by atoms with van der Waals surface area (Å²) in [6.07, 6.45) is 0. The van der Waals surface area contributed by atoms with Crippen LogP contribution < -0.4 is 10.6 Å². The topological polar surface area (TPSA) is 117 Å². The number of carbonyl (C=O) groups is 2. The van der Waals surface area contributed by atoms with Crippen LogP contribution in [0.5, 0.6) is 0 Å². The maximum Gasteiger partial charge on any atom is 0.336 e. The van der Waals surface area contributed by atoms with Gasteiger partial charge in [0.15, 0.2) is 5.82 Å². The molecule has 0 fully saturated rings. The molecule has 0 radical (unpaired) electrons. The van der Waals surface area contributed by atoms with Crippen LogP contribution in [0.4, 0.5) is 5.82 Å². The number of thioether (sulfide) groups is 1. The van der Waals surface area contributed by atoms with Crippen LogP contribution in [0.1, 0.15) is 23.5 Å². The lowest BCUT2D eigenvalue weighted by molar-refractivity contribution is -0.136. The number of amides is 1. The molecule has 2 N–H and O–H groups in total. The highest BCUT2D eigenvalue weighted by molar-refractivity contribution is 8.03. The van der Waals surface area contributed by atoms with E-state index in [1.807, 2.05) is 17.5 Å². The molecule has 150 valence electrons. The molecule has 3 rings (SSSR count). The second-order valence-corrected chi connectivity index (χ2v) is 8.08. The van der Waals surface area contributed by atoms with Crippen molar-refractivity contribution in [3.05, 3.63) is 56.1 Å². The molecule has 29 heavy (non-hydrogen) atoms. The van der Waals surface area contributed by atoms with Gasteiger partial charge in [0.2, 0.25) is 5.91 Å². The van der Waals surface area contributed by atoms with Gasteiger partial charge >= 0.3 is 5.97 Å². The van der Waals surface area contributed by atoms with E-state index in [4.69, 9.17) is 9.26 Å². The third-order valence-electron chi connectivity index (χ3n) is 4.12. The highest BCUT2D eigenvalue weighted by Gasteiger charge is 2.35. The third-order valence-corrected chi connectivity index (χ3v) is 6.08. The number of rotatable bonds is 6. The molecule has 1 unspecified atom stereocenters. The summed E-state index contributed by atoms with van der Waals surface area (Å²) in [5, 5.41) is 21.7. The van der Waals surface area contributed by atoms with Crippen molar-refractivity contribution in [2.45, 2.75) is 19.8 Å². The number of nitrogens with one attached hydrogen (secondary N) is 2. The molecule has 3 heterocycles. The molecule has 1 atom stereocenters. The Bertz CT molecular complexity index is 1030. The van der Waals surface area contributed by atoms with Crippen LogP contribution in [0.25, 0.3) is 0 Å². The van der Waals surface area contributed by atoms with Gasteiger partial charge in [-0.3, -0.25) is 4.79 Å². The Morgan fingerprint density at radius 3 is 2.86 bits per heavy atom. The first-order chi connectivity index (χ1) is 13.9. The zero-order valence-electron chi connectivity index (χ0n) is 15.9. The summed E-state index contributed by atoms with van der Waals surface area (Å²) in [5.74, 6) is -0.354. The monoisotopic (exact) mass is 430 g/mol. The van der Waals surface area contributed by atoms with Crippen molar-refractivity contribution in [3.8, 4) is 6.07 Å². The van der Waals surface area contributed by atoms with Gasteiger partial charge in [-0.15, -0.1) is 11.3 Å². The number of hydrogen-bond donors (Lipinski definition) is 2. The zero-order valence-corrected chi connectivity index (χ0v) is 17.6. The summed E-state index contributed by atoms with van der Waals surface area (Å²) in [6.45, 7) is 3.48. The van der Waals surface area contributed by atoms with E-state index in [0.717, 1.165) is 4.88 Å². The third kappa shape index (κ3) is 4.52. The fourth-order valence-corrected chi connectivity index (χ4v) is 4.62. The Labute approximate surface area is 175 Å². The Kier molecular flexibility index (Phi) is 6.41. The molecule has 10 heteroatoms. The Morgan fingerprint density at radius 1 is 1.48 bits per heavy atom. The number of methoxy groups -OCH3 is 1. The Morgan fingerprint density at radius 2 is 2.28 bits per heavy atom. The van der Waals surface area contributed by atoms with Gasteiger partial charge < -0.3 is 19.9 Å². The van der Waals surface area contributed by atoms with Gasteiger partial charge in [-0.2, -0.15) is 5.26 Å². The fourth-order valence-electron chi connectivity index (χ4n) is 2.89. The largest absolute Gasteiger partial charge is 0.466 e. The summed E-state index contributed by atoms with van der Waals surface area (Å²) in [5.41, 5.74) is 1.34. The number of nitriles is 1. The van der Waals surface area contributed by atoms with Crippen LogP contribution in [0.2, 0.25) is 0 Å². The number of aromatic nitrogens is 1. The average Bonchev–Trinajstić information content (AvgIpc) is 3.37. The van der Waals surface area contributed by atoms with Crippen molar-refractivity contribution in [2.75, 3.05) is 18.2 Å². The lowest BCUT2D eigenvalue weighted by atomic mass is 9.87. The van der Waals surface area contributed by atoms with E-state index < -0.39 is 11.9 Å². The number of anilines is 1. The Balaban J connectivity index is 1.84. The molecule has 0 saturated carbocycles. The number of nitrogens with zero attached hydrogens (tertiary/aromatic N) is 2. The van der Waals surface area contributed by atoms with Gasteiger partial charge in [-0.25, -0.2) is 4.79 Å². The van der Waals surface area contributed by atoms with Gasteiger partial charge in [0.05, 0.1) is 41.0 Å². The van der Waals surface area contributed by atoms with Crippen molar-refractivity contribution >= 4 is 40.8 Å². The number of ether oxygens (including phenoxy) is 1. The van der Waals surface area contributed by atoms with Crippen molar-refractivity contribution in [1.29, 1.82) is 5.26 Å². The lowest BCUT2D eigenvalue weighted by Gasteiger charge is -2.28. The van der Waals surface area contributed by atoms with Crippen LogP contribution in [0.15, 0.2) is 50.0 Å². The predicted molar refractivity (Wildman–Crippen MR) is 110 cm³/mol. The van der Waals surface area contributed by atoms with E-state index in [2.05, 4.69) is 21.9 Å². The molecule has 2 aromatic rings. The fraction of sp³-hybridized carbons (Fsp3) is 0.263. The molecule has 1 aliphatic rings. The number of esters is 1. The van der Waals surface area contributed by atoms with Crippen LogP contribution >= 0.6 is 23.1 Å². The number of carbonyl (C=O) groups excluding carboxylic acids is 2. The number of thiophene rings is 1. The molecule has 8 nitrogen and oxygen atoms in total. The summed E-state index contributed by atoms with van der Waals surface area (Å²) in [6, 6.07) is 7.55. The molecule has 1 amide bonds. The first kappa shape index (κ1) is 20.7. The minimum atomic E-state index is -0.544. The van der Waals surface area contributed by atoms with Gasteiger partial charge in [0.25, 0.3) is 0 Å². The molecular formula is C19H18N4O4S2. The van der Waals surface area contributed by atoms with Crippen LogP contribution in [-0.2, 0) is 14.3 Å². The molecule has 2 aromatic heterocycles. The van der Waals surface area contributed by atoms with Crippen LogP contribution in [0, 0.1) is 18.3 Å². The van der Waals surface area contributed by atoms with Crippen molar-refractivity contribution in [2.24, 2.45) is 0 Å². The molecule has 0 bridgehead atoms. The quantitative estimate of drug-likeness (QED) is 0.671. The molecule has 0 aromatic carbocycles. The maximum absolute atomic E-state index is 12.4.